The van der Waals surface area contributed by atoms with Crippen LogP contribution in [0.25, 0.3) is 0 Å². The van der Waals surface area contributed by atoms with Crippen LogP contribution in [0.1, 0.15) is 69.4 Å². The molecule has 2 atom stereocenters. The number of hydrogen-bond acceptors (Lipinski definition) is 4. The van der Waals surface area contributed by atoms with Crippen molar-refractivity contribution in [3.05, 3.63) is 35.4 Å². The summed E-state index contributed by atoms with van der Waals surface area (Å²) >= 11 is 0. The molecule has 1 N–H and O–H groups in total. The number of alkyl carbamates (subject to hydrolysis) is 1. The van der Waals surface area contributed by atoms with Crippen LogP contribution in [-0.4, -0.2) is 48.6 Å². The molecule has 158 valence electrons. The Bertz CT molecular complexity index is 739. The van der Waals surface area contributed by atoms with Gasteiger partial charge < -0.3 is 15.0 Å². The number of piperidine rings is 1. The predicted octanol–water partition coefficient (Wildman–Crippen LogP) is 3.98. The Morgan fingerprint density at radius 2 is 1.97 bits per heavy atom. The fraction of sp³-hybridized carbons (Fsp3) is 0.667. The van der Waals surface area contributed by atoms with Crippen molar-refractivity contribution in [3.8, 4) is 0 Å². The van der Waals surface area contributed by atoms with Crippen LogP contribution in [0.3, 0.4) is 0 Å². The van der Waals surface area contributed by atoms with Crippen molar-refractivity contribution in [2.24, 2.45) is 0 Å². The topological polar surface area (TPSA) is 58.6 Å². The van der Waals surface area contributed by atoms with E-state index >= 15 is 0 Å². The van der Waals surface area contributed by atoms with Crippen LogP contribution < -0.4 is 5.32 Å². The smallest absolute Gasteiger partial charge is 0.407 e. The predicted molar refractivity (Wildman–Crippen MR) is 113 cm³/mol. The van der Waals surface area contributed by atoms with Gasteiger partial charge in [-0.1, -0.05) is 37.1 Å². The van der Waals surface area contributed by atoms with E-state index in [0.717, 1.165) is 45.2 Å². The van der Waals surface area contributed by atoms with Gasteiger partial charge in [-0.25, -0.2) is 4.79 Å². The van der Waals surface area contributed by atoms with Crippen molar-refractivity contribution in [2.45, 2.75) is 82.2 Å². The van der Waals surface area contributed by atoms with Crippen LogP contribution in [0, 0.1) is 0 Å². The molecule has 5 heteroatoms. The number of nitrogens with zero attached hydrogens (tertiary/aromatic N) is 1. The number of ketones is 1. The number of fused-ring (bicyclic) bond motifs is 2. The fourth-order valence-corrected chi connectivity index (χ4v) is 5.84. The Morgan fingerprint density at radius 1 is 1.21 bits per heavy atom. The molecule has 1 aromatic rings. The van der Waals surface area contributed by atoms with E-state index < -0.39 is 0 Å². The van der Waals surface area contributed by atoms with Crippen LogP contribution in [0.5, 0.6) is 0 Å². The Labute approximate surface area is 174 Å². The zero-order chi connectivity index (χ0) is 20.3. The molecule has 2 fully saturated rings. The normalized spacial score (nSPS) is 27.1. The van der Waals surface area contributed by atoms with Crippen LogP contribution in [0.2, 0.25) is 0 Å². The first-order valence-electron chi connectivity index (χ1n) is 11.4. The molecule has 2 aliphatic carbocycles. The molecule has 0 radical (unpaired) electrons. The molecule has 4 rings (SSSR count). The highest BCUT2D eigenvalue weighted by Crippen LogP contribution is 2.44. The molecule has 1 spiro atoms. The van der Waals surface area contributed by atoms with Crippen molar-refractivity contribution in [1.82, 2.24) is 10.2 Å². The summed E-state index contributed by atoms with van der Waals surface area (Å²) < 4.78 is 5.09. The minimum absolute atomic E-state index is 0.0374. The number of amides is 1. The van der Waals surface area contributed by atoms with Gasteiger partial charge in [0.05, 0.1) is 6.61 Å². The molecule has 2 unspecified atom stereocenters. The average Bonchev–Trinajstić information content (AvgIpc) is 2.94. The largest absolute Gasteiger partial charge is 0.450 e. The number of Topliss-reactive ketones (excluding diaryl/α,β-unsaturated/α-hetero) is 1. The third kappa shape index (κ3) is 4.50. The summed E-state index contributed by atoms with van der Waals surface area (Å²) in [5.74, 6) is 0.394. The van der Waals surface area contributed by atoms with E-state index in [0.29, 0.717) is 31.3 Å². The van der Waals surface area contributed by atoms with Crippen LogP contribution >= 0.6 is 0 Å². The number of benzene rings is 1. The van der Waals surface area contributed by atoms with Gasteiger partial charge in [0.1, 0.15) is 5.78 Å². The first-order chi connectivity index (χ1) is 14.1. The summed E-state index contributed by atoms with van der Waals surface area (Å²) in [5, 5.41) is 3.07. The van der Waals surface area contributed by atoms with Gasteiger partial charge in [-0.3, -0.25) is 4.79 Å². The Balaban J connectivity index is 1.41. The Kier molecular flexibility index (Phi) is 6.23. The molecule has 3 aliphatic rings. The Hall–Kier alpha value is -1.88. The van der Waals surface area contributed by atoms with E-state index in [9.17, 15) is 9.59 Å². The number of carbonyl (C=O) groups excluding carboxylic acids is 2. The monoisotopic (exact) mass is 398 g/mol. The lowest BCUT2D eigenvalue weighted by Crippen LogP contribution is -2.50. The van der Waals surface area contributed by atoms with Gasteiger partial charge in [-0.2, -0.15) is 0 Å². The van der Waals surface area contributed by atoms with Gasteiger partial charge in [-0.05, 0) is 63.2 Å². The van der Waals surface area contributed by atoms with Gasteiger partial charge in [0.15, 0.2) is 0 Å². The zero-order valence-corrected chi connectivity index (χ0v) is 17.6. The first-order valence-corrected chi connectivity index (χ1v) is 11.4. The fourth-order valence-electron chi connectivity index (χ4n) is 5.84. The molecule has 1 saturated heterocycles. The highest BCUT2D eigenvalue weighted by atomic mass is 16.5. The van der Waals surface area contributed by atoms with Crippen molar-refractivity contribution >= 4 is 11.9 Å². The average molecular weight is 399 g/mol. The second-order valence-corrected chi connectivity index (χ2v) is 9.10. The van der Waals surface area contributed by atoms with Crippen LogP contribution in [0.4, 0.5) is 4.79 Å². The number of likely N-dealkylation sites (tertiary alicyclic amines) is 1. The summed E-state index contributed by atoms with van der Waals surface area (Å²) in [5.41, 5.74) is 2.70. The summed E-state index contributed by atoms with van der Waals surface area (Å²) in [6.07, 6.45) is 8.75. The molecule has 1 aromatic carbocycles. The van der Waals surface area contributed by atoms with Gasteiger partial charge in [0.2, 0.25) is 0 Å². The van der Waals surface area contributed by atoms with Crippen molar-refractivity contribution in [2.75, 3.05) is 19.7 Å². The third-order valence-corrected chi connectivity index (χ3v) is 7.28. The van der Waals surface area contributed by atoms with Crippen molar-refractivity contribution in [1.29, 1.82) is 0 Å². The lowest BCUT2D eigenvalue weighted by atomic mass is 9.64. The van der Waals surface area contributed by atoms with Gasteiger partial charge in [-0.15, -0.1) is 0 Å². The van der Waals surface area contributed by atoms with Crippen LogP contribution in [0.15, 0.2) is 24.3 Å². The zero-order valence-electron chi connectivity index (χ0n) is 17.6. The molecule has 29 heavy (non-hydrogen) atoms. The summed E-state index contributed by atoms with van der Waals surface area (Å²) in [6, 6.07) is 9.29. The summed E-state index contributed by atoms with van der Waals surface area (Å²) in [4.78, 5) is 27.0. The highest BCUT2D eigenvalue weighted by molar-refractivity contribution is 5.85. The van der Waals surface area contributed by atoms with Gasteiger partial charge >= 0.3 is 6.09 Å². The maximum Gasteiger partial charge on any atom is 0.407 e. The second-order valence-electron chi connectivity index (χ2n) is 9.10. The lowest BCUT2D eigenvalue weighted by molar-refractivity contribution is -0.121. The van der Waals surface area contributed by atoms with E-state index in [2.05, 4.69) is 34.5 Å². The quantitative estimate of drug-likeness (QED) is 0.783. The van der Waals surface area contributed by atoms with Crippen molar-refractivity contribution < 1.29 is 14.3 Å². The molecular weight excluding hydrogens is 364 g/mol. The number of rotatable bonds is 3. The Morgan fingerprint density at radius 3 is 2.76 bits per heavy atom. The van der Waals surface area contributed by atoms with Gasteiger partial charge in [0, 0.05) is 30.3 Å². The summed E-state index contributed by atoms with van der Waals surface area (Å²) in [7, 11) is 0. The number of carbonyl (C=O) groups is 2. The SMILES string of the molecule is CCOC(=O)NC1CCCCC(N2CCC3(CC2)CC(=O)Cc2ccccc23)C1. The molecule has 1 aliphatic heterocycles. The second kappa shape index (κ2) is 8.86. The number of nitrogens with one attached hydrogen (secondary N) is 1. The molecule has 0 aromatic heterocycles. The highest BCUT2D eigenvalue weighted by Gasteiger charge is 2.43. The third-order valence-electron chi connectivity index (χ3n) is 7.28. The van der Waals surface area contributed by atoms with E-state index in [-0.39, 0.29) is 17.6 Å². The minimum Gasteiger partial charge on any atom is -0.450 e. The standard InChI is InChI=1S/C24H34N2O3/c1-2-29-23(28)25-19-8-4-5-9-20(16-19)26-13-11-24(12-14-26)17-21(27)15-18-7-3-6-10-22(18)24/h3,6-7,10,19-20H,2,4-5,8-9,11-17H2,1H3,(H,25,28). The van der Waals surface area contributed by atoms with Crippen LogP contribution in [-0.2, 0) is 21.4 Å². The number of hydrogen-bond donors (Lipinski definition) is 1. The van der Waals surface area contributed by atoms with E-state index in [4.69, 9.17) is 4.74 Å². The number of ether oxygens (including phenoxy) is 1. The molecule has 1 heterocycles. The molecule has 1 amide bonds. The van der Waals surface area contributed by atoms with Gasteiger partial charge in [0.25, 0.3) is 0 Å². The van der Waals surface area contributed by atoms with E-state index in [1.807, 2.05) is 6.92 Å². The molecule has 1 saturated carbocycles. The maximum atomic E-state index is 12.5. The van der Waals surface area contributed by atoms with E-state index in [1.54, 1.807) is 0 Å². The van der Waals surface area contributed by atoms with E-state index in [1.165, 1.54) is 24.0 Å². The molecule has 0 bridgehead atoms. The maximum absolute atomic E-state index is 12.5. The minimum atomic E-state index is -0.284. The van der Waals surface area contributed by atoms with Crippen molar-refractivity contribution in [3.63, 3.8) is 0 Å². The molecular formula is C24H34N2O3. The summed E-state index contributed by atoms with van der Waals surface area (Å²) in [6.45, 7) is 4.33. The first kappa shape index (κ1) is 20.4. The molecule has 5 nitrogen and oxygen atoms in total. The lowest BCUT2D eigenvalue weighted by Gasteiger charge is -2.47.